The molecule has 25 heavy (non-hydrogen) atoms. The van der Waals surface area contributed by atoms with Crippen LogP contribution in [0.15, 0.2) is 29.2 Å². The number of hydrogen-bond donors (Lipinski definition) is 2. The fourth-order valence-corrected chi connectivity index (χ4v) is 4.65. The molecule has 1 aromatic carbocycles. The zero-order valence-electron chi connectivity index (χ0n) is 14.4. The molecule has 1 aromatic rings. The van der Waals surface area contributed by atoms with Crippen molar-refractivity contribution in [3.8, 4) is 5.75 Å². The van der Waals surface area contributed by atoms with Gasteiger partial charge in [0.15, 0.2) is 0 Å². The van der Waals surface area contributed by atoms with Gasteiger partial charge in [-0.2, -0.15) is 4.72 Å². The number of ether oxygens (including phenoxy) is 1. The molecule has 1 saturated carbocycles. The van der Waals surface area contributed by atoms with Crippen molar-refractivity contribution in [2.45, 2.75) is 55.9 Å². The number of sulfonamides is 1. The van der Waals surface area contributed by atoms with Crippen molar-refractivity contribution in [2.75, 3.05) is 13.2 Å². The van der Waals surface area contributed by atoms with Crippen LogP contribution in [-0.4, -0.2) is 33.5 Å². The van der Waals surface area contributed by atoms with Gasteiger partial charge in [-0.1, -0.05) is 19.3 Å². The Morgan fingerprint density at radius 3 is 2.44 bits per heavy atom. The number of hydrogen-bond acceptors (Lipinski definition) is 4. The van der Waals surface area contributed by atoms with Crippen LogP contribution < -0.4 is 14.8 Å². The second kappa shape index (κ2) is 8.19. The Morgan fingerprint density at radius 1 is 1.04 bits per heavy atom. The SMILES string of the molecule is O=C1NCCCC1NS(=O)(=O)c1ccc(OCC2CCCCC2)cc1. The quantitative estimate of drug-likeness (QED) is 0.808. The van der Waals surface area contributed by atoms with Crippen molar-refractivity contribution >= 4 is 15.9 Å². The molecule has 0 radical (unpaired) electrons. The molecule has 1 heterocycles. The lowest BCUT2D eigenvalue weighted by atomic mass is 9.90. The zero-order chi connectivity index (χ0) is 17.7. The molecule has 7 heteroatoms. The highest BCUT2D eigenvalue weighted by molar-refractivity contribution is 7.89. The van der Waals surface area contributed by atoms with Crippen LogP contribution in [0.25, 0.3) is 0 Å². The average molecular weight is 366 g/mol. The summed E-state index contributed by atoms with van der Waals surface area (Å²) in [5.74, 6) is 1.02. The van der Waals surface area contributed by atoms with Crippen molar-refractivity contribution < 1.29 is 17.9 Å². The van der Waals surface area contributed by atoms with Gasteiger partial charge in [0, 0.05) is 6.54 Å². The predicted molar refractivity (Wildman–Crippen MR) is 94.9 cm³/mol. The Labute approximate surface area is 149 Å². The van der Waals surface area contributed by atoms with Gasteiger partial charge in [0.25, 0.3) is 0 Å². The Bertz CT molecular complexity index is 682. The van der Waals surface area contributed by atoms with Gasteiger partial charge in [0.2, 0.25) is 15.9 Å². The molecule has 1 aliphatic carbocycles. The molecular formula is C18H26N2O4S. The topological polar surface area (TPSA) is 84.5 Å². The van der Waals surface area contributed by atoms with E-state index < -0.39 is 16.1 Å². The van der Waals surface area contributed by atoms with Gasteiger partial charge in [0.1, 0.15) is 11.8 Å². The highest BCUT2D eigenvalue weighted by Crippen LogP contribution is 2.25. The van der Waals surface area contributed by atoms with E-state index in [0.717, 1.165) is 6.42 Å². The van der Waals surface area contributed by atoms with Crippen molar-refractivity contribution in [2.24, 2.45) is 5.92 Å². The molecule has 0 bridgehead atoms. The maximum atomic E-state index is 12.4. The predicted octanol–water partition coefficient (Wildman–Crippen LogP) is 2.20. The van der Waals surface area contributed by atoms with E-state index in [-0.39, 0.29) is 10.8 Å². The number of benzene rings is 1. The summed E-state index contributed by atoms with van der Waals surface area (Å²) in [5, 5.41) is 2.68. The molecule has 2 aliphatic rings. The van der Waals surface area contributed by atoms with Gasteiger partial charge in [-0.25, -0.2) is 8.42 Å². The molecule has 1 amide bonds. The van der Waals surface area contributed by atoms with Crippen molar-refractivity contribution in [3.05, 3.63) is 24.3 Å². The first kappa shape index (κ1) is 18.2. The first-order chi connectivity index (χ1) is 12.0. The molecule has 1 aliphatic heterocycles. The highest BCUT2D eigenvalue weighted by Gasteiger charge is 2.27. The summed E-state index contributed by atoms with van der Waals surface area (Å²) in [6.07, 6.45) is 7.56. The molecule has 1 saturated heterocycles. The molecular weight excluding hydrogens is 340 g/mol. The standard InChI is InChI=1S/C18H26N2O4S/c21-18-17(7-4-12-19-18)20-25(22,23)16-10-8-15(9-11-16)24-13-14-5-2-1-3-6-14/h8-11,14,17,20H,1-7,12-13H2,(H,19,21). The largest absolute Gasteiger partial charge is 0.493 e. The lowest BCUT2D eigenvalue weighted by Gasteiger charge is -2.23. The summed E-state index contributed by atoms with van der Waals surface area (Å²) in [4.78, 5) is 11.9. The summed E-state index contributed by atoms with van der Waals surface area (Å²) in [6, 6.07) is 5.72. The first-order valence-electron chi connectivity index (χ1n) is 9.07. The highest BCUT2D eigenvalue weighted by atomic mass is 32.2. The maximum absolute atomic E-state index is 12.4. The van der Waals surface area contributed by atoms with E-state index in [1.807, 2.05) is 0 Å². The molecule has 2 N–H and O–H groups in total. The summed E-state index contributed by atoms with van der Waals surface area (Å²) in [6.45, 7) is 1.29. The number of nitrogens with one attached hydrogen (secondary N) is 2. The number of piperidine rings is 1. The second-order valence-corrected chi connectivity index (χ2v) is 8.61. The van der Waals surface area contributed by atoms with Crippen LogP contribution in [0.3, 0.4) is 0 Å². The van der Waals surface area contributed by atoms with E-state index in [0.29, 0.717) is 31.2 Å². The van der Waals surface area contributed by atoms with E-state index >= 15 is 0 Å². The third-order valence-corrected chi connectivity index (χ3v) is 6.41. The number of amides is 1. The molecule has 6 nitrogen and oxygen atoms in total. The van der Waals surface area contributed by atoms with E-state index in [9.17, 15) is 13.2 Å². The Balaban J connectivity index is 1.57. The van der Waals surface area contributed by atoms with Gasteiger partial charge in [-0.3, -0.25) is 4.79 Å². The molecule has 0 aromatic heterocycles. The minimum Gasteiger partial charge on any atom is -0.493 e. The summed E-state index contributed by atoms with van der Waals surface area (Å²) < 4.78 is 33.1. The minimum atomic E-state index is -3.71. The van der Waals surface area contributed by atoms with Crippen molar-refractivity contribution in [1.29, 1.82) is 0 Å². The number of rotatable bonds is 6. The van der Waals surface area contributed by atoms with Crippen LogP contribution in [0.1, 0.15) is 44.9 Å². The monoisotopic (exact) mass is 366 g/mol. The normalized spacial score (nSPS) is 22.4. The lowest BCUT2D eigenvalue weighted by molar-refractivity contribution is -0.124. The van der Waals surface area contributed by atoms with Gasteiger partial charge < -0.3 is 10.1 Å². The molecule has 2 fully saturated rings. The van der Waals surface area contributed by atoms with Crippen LogP contribution in [0.4, 0.5) is 0 Å². The van der Waals surface area contributed by atoms with Crippen LogP contribution >= 0.6 is 0 Å². The smallest absolute Gasteiger partial charge is 0.241 e. The molecule has 0 spiro atoms. The molecule has 1 atom stereocenters. The Kier molecular flexibility index (Phi) is 5.96. The van der Waals surface area contributed by atoms with Gasteiger partial charge in [-0.15, -0.1) is 0 Å². The van der Waals surface area contributed by atoms with Crippen LogP contribution in [0.2, 0.25) is 0 Å². The van der Waals surface area contributed by atoms with Crippen LogP contribution in [-0.2, 0) is 14.8 Å². The van der Waals surface area contributed by atoms with Crippen molar-refractivity contribution in [1.82, 2.24) is 10.0 Å². The van der Waals surface area contributed by atoms with Crippen LogP contribution in [0.5, 0.6) is 5.75 Å². The number of carbonyl (C=O) groups is 1. The fourth-order valence-electron chi connectivity index (χ4n) is 3.42. The maximum Gasteiger partial charge on any atom is 0.241 e. The van der Waals surface area contributed by atoms with E-state index in [4.69, 9.17) is 4.74 Å². The summed E-state index contributed by atoms with van der Waals surface area (Å²) in [5.41, 5.74) is 0. The third kappa shape index (κ3) is 4.95. The molecule has 1 unspecified atom stereocenters. The van der Waals surface area contributed by atoms with Crippen molar-refractivity contribution in [3.63, 3.8) is 0 Å². The first-order valence-corrected chi connectivity index (χ1v) is 10.6. The van der Waals surface area contributed by atoms with Gasteiger partial charge >= 0.3 is 0 Å². The molecule has 3 rings (SSSR count). The van der Waals surface area contributed by atoms with E-state index in [1.54, 1.807) is 12.1 Å². The summed E-state index contributed by atoms with van der Waals surface area (Å²) >= 11 is 0. The molecule has 138 valence electrons. The average Bonchev–Trinajstić information content (AvgIpc) is 2.63. The van der Waals surface area contributed by atoms with E-state index in [2.05, 4.69) is 10.0 Å². The number of carbonyl (C=O) groups excluding carboxylic acids is 1. The lowest BCUT2D eigenvalue weighted by Crippen LogP contribution is -2.50. The van der Waals surface area contributed by atoms with Crippen LogP contribution in [0, 0.1) is 5.92 Å². The third-order valence-electron chi connectivity index (χ3n) is 4.93. The van der Waals surface area contributed by atoms with E-state index in [1.165, 1.54) is 44.2 Å². The van der Waals surface area contributed by atoms with Gasteiger partial charge in [-0.05, 0) is 55.9 Å². The zero-order valence-corrected chi connectivity index (χ0v) is 15.2. The fraction of sp³-hybridized carbons (Fsp3) is 0.611. The minimum absolute atomic E-state index is 0.149. The van der Waals surface area contributed by atoms with Gasteiger partial charge in [0.05, 0.1) is 11.5 Å². The summed E-state index contributed by atoms with van der Waals surface area (Å²) in [7, 11) is -3.71. The second-order valence-electron chi connectivity index (χ2n) is 6.89. The Hall–Kier alpha value is -1.60. The Morgan fingerprint density at radius 2 is 1.76 bits per heavy atom.